The fraction of sp³-hybridized carbons (Fsp3) is 0.500. The zero-order chi connectivity index (χ0) is 15.8. The molecule has 1 aliphatic rings. The van der Waals surface area contributed by atoms with Gasteiger partial charge < -0.3 is 5.73 Å². The number of rotatable bonds is 2. The Kier molecular flexibility index (Phi) is 5.88. The van der Waals surface area contributed by atoms with Crippen molar-refractivity contribution in [1.82, 2.24) is 4.31 Å². The molecule has 0 saturated carbocycles. The molecule has 2 rings (SSSR count). The first-order valence-corrected chi connectivity index (χ1v) is 8.46. The van der Waals surface area contributed by atoms with E-state index < -0.39 is 10.0 Å². The standard InChI is InChI=1S/C14H18ClN3O2S.ClH/c1-14(2)9-18(7-6-13(14)17)21(19,20)12-5-3-4-11(15)10(12)8-16;/h3-5,13H,6-7,9,17H2,1-2H3;1H. The number of hydrogen-bond acceptors (Lipinski definition) is 4. The molecular formula is C14H19Cl2N3O2S. The summed E-state index contributed by atoms with van der Waals surface area (Å²) in [4.78, 5) is -0.0382. The second-order valence-corrected chi connectivity index (χ2v) is 8.26. The van der Waals surface area contributed by atoms with Gasteiger partial charge in [-0.15, -0.1) is 12.4 Å². The van der Waals surface area contributed by atoms with Crippen LogP contribution in [0.1, 0.15) is 25.8 Å². The lowest BCUT2D eigenvalue weighted by atomic mass is 9.81. The maximum absolute atomic E-state index is 12.8. The predicted molar refractivity (Wildman–Crippen MR) is 88.5 cm³/mol. The van der Waals surface area contributed by atoms with E-state index in [0.717, 1.165) is 0 Å². The van der Waals surface area contributed by atoms with Crippen LogP contribution in [0.25, 0.3) is 0 Å². The number of sulfonamides is 1. The van der Waals surface area contributed by atoms with E-state index in [1.165, 1.54) is 22.5 Å². The van der Waals surface area contributed by atoms with Crippen molar-refractivity contribution in [3.05, 3.63) is 28.8 Å². The van der Waals surface area contributed by atoms with Gasteiger partial charge in [-0.05, 0) is 24.0 Å². The zero-order valence-electron chi connectivity index (χ0n) is 12.4. The van der Waals surface area contributed by atoms with E-state index in [4.69, 9.17) is 22.6 Å². The highest BCUT2D eigenvalue weighted by Gasteiger charge is 2.39. The molecule has 1 atom stereocenters. The Morgan fingerprint density at radius 3 is 2.64 bits per heavy atom. The van der Waals surface area contributed by atoms with E-state index in [2.05, 4.69) is 0 Å². The minimum Gasteiger partial charge on any atom is -0.327 e. The average molecular weight is 364 g/mol. The lowest BCUT2D eigenvalue weighted by molar-refractivity contribution is 0.155. The Labute approximate surface area is 142 Å². The quantitative estimate of drug-likeness (QED) is 0.873. The lowest BCUT2D eigenvalue weighted by Gasteiger charge is -2.41. The summed E-state index contributed by atoms with van der Waals surface area (Å²) in [6.07, 6.45) is 0.592. The van der Waals surface area contributed by atoms with Crippen LogP contribution in [0.15, 0.2) is 23.1 Å². The van der Waals surface area contributed by atoms with Crippen LogP contribution in [0.4, 0.5) is 0 Å². The summed E-state index contributed by atoms with van der Waals surface area (Å²) in [5.41, 5.74) is 5.73. The van der Waals surface area contributed by atoms with Gasteiger partial charge in [-0.3, -0.25) is 0 Å². The summed E-state index contributed by atoms with van der Waals surface area (Å²) in [6.45, 7) is 4.57. The fourth-order valence-corrected chi connectivity index (χ4v) is 4.56. The van der Waals surface area contributed by atoms with Gasteiger partial charge in [-0.2, -0.15) is 9.57 Å². The molecule has 1 fully saturated rings. The number of hydrogen-bond donors (Lipinski definition) is 1. The molecule has 5 nitrogen and oxygen atoms in total. The first kappa shape index (κ1) is 19.2. The third-order valence-corrected chi connectivity index (χ3v) is 6.18. The summed E-state index contributed by atoms with van der Waals surface area (Å²) >= 11 is 5.93. The molecule has 0 radical (unpaired) electrons. The Morgan fingerprint density at radius 2 is 2.09 bits per heavy atom. The van der Waals surface area contributed by atoms with Crippen LogP contribution < -0.4 is 5.73 Å². The molecule has 0 spiro atoms. The highest BCUT2D eigenvalue weighted by molar-refractivity contribution is 7.89. The maximum Gasteiger partial charge on any atom is 0.244 e. The normalized spacial score (nSPS) is 21.7. The van der Waals surface area contributed by atoms with Crippen molar-refractivity contribution in [2.45, 2.75) is 31.2 Å². The van der Waals surface area contributed by atoms with Crippen molar-refractivity contribution >= 4 is 34.0 Å². The van der Waals surface area contributed by atoms with E-state index in [1.807, 2.05) is 19.9 Å². The Balaban J connectivity index is 0.00000242. The summed E-state index contributed by atoms with van der Waals surface area (Å²) in [5.74, 6) is 0. The van der Waals surface area contributed by atoms with Crippen molar-refractivity contribution in [3.63, 3.8) is 0 Å². The second kappa shape index (κ2) is 6.73. The molecular weight excluding hydrogens is 345 g/mol. The number of nitrogens with two attached hydrogens (primary N) is 1. The smallest absolute Gasteiger partial charge is 0.244 e. The molecule has 0 bridgehead atoms. The van der Waals surface area contributed by atoms with Crippen molar-refractivity contribution in [1.29, 1.82) is 5.26 Å². The second-order valence-electron chi connectivity index (χ2n) is 5.95. The molecule has 1 unspecified atom stereocenters. The predicted octanol–water partition coefficient (Wildman–Crippen LogP) is 2.38. The van der Waals surface area contributed by atoms with Gasteiger partial charge in [0.25, 0.3) is 0 Å². The van der Waals surface area contributed by atoms with E-state index in [1.54, 1.807) is 0 Å². The number of piperidine rings is 1. The number of nitriles is 1. The van der Waals surface area contributed by atoms with Gasteiger partial charge in [0.1, 0.15) is 11.0 Å². The van der Waals surface area contributed by atoms with Crippen molar-refractivity contribution in [3.8, 4) is 6.07 Å². The van der Waals surface area contributed by atoms with Gasteiger partial charge in [0, 0.05) is 19.1 Å². The third-order valence-electron chi connectivity index (χ3n) is 3.98. The van der Waals surface area contributed by atoms with Crippen LogP contribution in [0.5, 0.6) is 0 Å². The highest BCUT2D eigenvalue weighted by Crippen LogP contribution is 2.33. The molecule has 1 heterocycles. The molecule has 1 aromatic carbocycles. The van der Waals surface area contributed by atoms with E-state index in [0.29, 0.717) is 19.5 Å². The third kappa shape index (κ3) is 3.39. The van der Waals surface area contributed by atoms with Crippen molar-refractivity contribution in [2.75, 3.05) is 13.1 Å². The van der Waals surface area contributed by atoms with E-state index >= 15 is 0 Å². The SMILES string of the molecule is CC1(C)CN(S(=O)(=O)c2cccc(Cl)c2C#N)CCC1N.Cl. The van der Waals surface area contributed by atoms with Gasteiger partial charge in [-0.1, -0.05) is 31.5 Å². The number of nitrogens with zero attached hydrogens (tertiary/aromatic N) is 2. The molecule has 122 valence electrons. The first-order chi connectivity index (χ1) is 9.70. The van der Waals surface area contributed by atoms with Crippen LogP contribution in [-0.4, -0.2) is 31.9 Å². The van der Waals surface area contributed by atoms with Crippen LogP contribution in [0, 0.1) is 16.7 Å². The minimum absolute atomic E-state index is 0. The topological polar surface area (TPSA) is 87.2 Å². The Hall–Kier alpha value is -0.840. The van der Waals surface area contributed by atoms with Crippen LogP contribution in [0.2, 0.25) is 5.02 Å². The lowest BCUT2D eigenvalue weighted by Crippen LogP contribution is -2.53. The number of benzene rings is 1. The van der Waals surface area contributed by atoms with Gasteiger partial charge in [0.2, 0.25) is 10.0 Å². The maximum atomic E-state index is 12.8. The molecule has 22 heavy (non-hydrogen) atoms. The molecule has 0 amide bonds. The summed E-state index contributed by atoms with van der Waals surface area (Å²) in [7, 11) is -3.75. The molecule has 0 aliphatic carbocycles. The molecule has 1 saturated heterocycles. The van der Waals surface area contributed by atoms with Crippen molar-refractivity contribution in [2.24, 2.45) is 11.1 Å². The van der Waals surface area contributed by atoms with Gasteiger partial charge >= 0.3 is 0 Å². The molecule has 8 heteroatoms. The molecule has 2 N–H and O–H groups in total. The average Bonchev–Trinajstić information content (AvgIpc) is 2.41. The Morgan fingerprint density at radius 1 is 1.45 bits per heavy atom. The highest BCUT2D eigenvalue weighted by atomic mass is 35.5. The minimum atomic E-state index is -3.75. The number of halogens is 2. The molecule has 1 aromatic rings. The van der Waals surface area contributed by atoms with Crippen LogP contribution in [0.3, 0.4) is 0 Å². The first-order valence-electron chi connectivity index (χ1n) is 6.64. The fourth-order valence-electron chi connectivity index (χ4n) is 2.50. The van der Waals surface area contributed by atoms with E-state index in [-0.39, 0.29) is 39.3 Å². The monoisotopic (exact) mass is 363 g/mol. The molecule has 0 aromatic heterocycles. The van der Waals surface area contributed by atoms with Crippen LogP contribution >= 0.6 is 24.0 Å². The van der Waals surface area contributed by atoms with Gasteiger partial charge in [0.15, 0.2) is 0 Å². The van der Waals surface area contributed by atoms with Gasteiger partial charge in [-0.25, -0.2) is 8.42 Å². The summed E-state index contributed by atoms with van der Waals surface area (Å²) < 4.78 is 27.0. The summed E-state index contributed by atoms with van der Waals surface area (Å²) in [5, 5.41) is 9.31. The zero-order valence-corrected chi connectivity index (χ0v) is 14.8. The van der Waals surface area contributed by atoms with Crippen molar-refractivity contribution < 1.29 is 8.42 Å². The van der Waals surface area contributed by atoms with Gasteiger partial charge in [0.05, 0.1) is 10.6 Å². The van der Waals surface area contributed by atoms with E-state index in [9.17, 15) is 8.42 Å². The molecule has 1 aliphatic heterocycles. The largest absolute Gasteiger partial charge is 0.327 e. The Bertz CT molecular complexity index is 699. The summed E-state index contributed by atoms with van der Waals surface area (Å²) in [6, 6.07) is 6.30. The van der Waals surface area contributed by atoms with Crippen LogP contribution in [-0.2, 0) is 10.0 Å².